The molecule has 3 aromatic rings. The van der Waals surface area contributed by atoms with Crippen molar-refractivity contribution in [1.82, 2.24) is 19.4 Å². The lowest BCUT2D eigenvalue weighted by atomic mass is 10.2. The molecule has 6 nitrogen and oxygen atoms in total. The first-order valence-electron chi connectivity index (χ1n) is 8.78. The predicted molar refractivity (Wildman–Crippen MR) is 94.3 cm³/mol. The third-order valence-corrected chi connectivity index (χ3v) is 4.97. The molecule has 130 valence electrons. The molecule has 1 unspecified atom stereocenters. The fraction of sp³-hybridized carbons (Fsp3) is 0.421. The van der Waals surface area contributed by atoms with Gasteiger partial charge in [0.1, 0.15) is 5.82 Å². The van der Waals surface area contributed by atoms with E-state index in [-0.39, 0.29) is 11.9 Å². The number of imidazole rings is 1. The van der Waals surface area contributed by atoms with Crippen LogP contribution in [-0.2, 0) is 13.5 Å². The number of fused-ring (bicyclic) bond motifs is 1. The Kier molecular flexibility index (Phi) is 3.82. The largest absolute Gasteiger partial charge is 0.435 e. The summed E-state index contributed by atoms with van der Waals surface area (Å²) in [6.45, 7) is 4.52. The van der Waals surface area contributed by atoms with E-state index in [1.54, 1.807) is 0 Å². The van der Waals surface area contributed by atoms with E-state index >= 15 is 0 Å². The van der Waals surface area contributed by atoms with Crippen LogP contribution in [0.5, 0.6) is 0 Å². The SMILES string of the molecule is CCc1nc(C)c(C(=O)N2CCCC2c2nc3ccccc3n2C)o1. The van der Waals surface area contributed by atoms with Crippen molar-refractivity contribution in [1.29, 1.82) is 0 Å². The minimum Gasteiger partial charge on any atom is -0.435 e. The molecule has 0 spiro atoms. The van der Waals surface area contributed by atoms with Crippen LogP contribution in [0.3, 0.4) is 0 Å². The number of oxazole rings is 1. The first-order chi connectivity index (χ1) is 12.1. The first-order valence-corrected chi connectivity index (χ1v) is 8.78. The van der Waals surface area contributed by atoms with E-state index < -0.39 is 0 Å². The van der Waals surface area contributed by atoms with E-state index in [4.69, 9.17) is 9.40 Å². The molecule has 1 fully saturated rings. The molecule has 6 heteroatoms. The average molecular weight is 338 g/mol. The molecule has 25 heavy (non-hydrogen) atoms. The number of nitrogens with zero attached hydrogens (tertiary/aromatic N) is 4. The second-order valence-electron chi connectivity index (χ2n) is 6.55. The molecule has 1 amide bonds. The molecule has 0 radical (unpaired) electrons. The minimum atomic E-state index is -0.0840. The van der Waals surface area contributed by atoms with Crippen LogP contribution >= 0.6 is 0 Å². The van der Waals surface area contributed by atoms with Gasteiger partial charge in [0.2, 0.25) is 5.76 Å². The number of carbonyl (C=O) groups is 1. The van der Waals surface area contributed by atoms with Crippen molar-refractivity contribution in [3.05, 3.63) is 47.4 Å². The van der Waals surface area contributed by atoms with Crippen molar-refractivity contribution in [2.45, 2.75) is 39.2 Å². The summed E-state index contributed by atoms with van der Waals surface area (Å²) in [5.74, 6) is 1.82. The number of aryl methyl sites for hydroxylation is 3. The van der Waals surface area contributed by atoms with Gasteiger partial charge in [-0.3, -0.25) is 4.79 Å². The Morgan fingerprint density at radius 1 is 1.32 bits per heavy atom. The lowest BCUT2D eigenvalue weighted by molar-refractivity contribution is 0.0693. The first kappa shape index (κ1) is 15.9. The van der Waals surface area contributed by atoms with Crippen LogP contribution in [0.25, 0.3) is 11.0 Å². The Morgan fingerprint density at radius 3 is 2.84 bits per heavy atom. The summed E-state index contributed by atoms with van der Waals surface area (Å²) in [5, 5.41) is 0. The van der Waals surface area contributed by atoms with Gasteiger partial charge >= 0.3 is 0 Å². The van der Waals surface area contributed by atoms with E-state index in [0.29, 0.717) is 30.3 Å². The Labute approximate surface area is 146 Å². The quantitative estimate of drug-likeness (QED) is 0.734. The molecule has 1 saturated heterocycles. The lowest BCUT2D eigenvalue weighted by Crippen LogP contribution is -2.32. The predicted octanol–water partition coefficient (Wildman–Crippen LogP) is 3.41. The van der Waals surface area contributed by atoms with Gasteiger partial charge in [0.25, 0.3) is 5.91 Å². The van der Waals surface area contributed by atoms with Gasteiger partial charge in [0.05, 0.1) is 22.8 Å². The van der Waals surface area contributed by atoms with Crippen molar-refractivity contribution >= 4 is 16.9 Å². The van der Waals surface area contributed by atoms with E-state index in [9.17, 15) is 4.79 Å². The van der Waals surface area contributed by atoms with E-state index in [0.717, 1.165) is 29.7 Å². The molecule has 0 N–H and O–H groups in total. The number of hydrogen-bond acceptors (Lipinski definition) is 4. The highest BCUT2D eigenvalue weighted by Gasteiger charge is 2.36. The van der Waals surface area contributed by atoms with Crippen LogP contribution in [0.15, 0.2) is 28.7 Å². The summed E-state index contributed by atoms with van der Waals surface area (Å²) in [4.78, 5) is 24.1. The summed E-state index contributed by atoms with van der Waals surface area (Å²) in [6, 6.07) is 8.03. The highest BCUT2D eigenvalue weighted by molar-refractivity contribution is 5.93. The Bertz CT molecular complexity index is 940. The van der Waals surface area contributed by atoms with Gasteiger partial charge in [-0.15, -0.1) is 0 Å². The van der Waals surface area contributed by atoms with Crippen LogP contribution in [-0.4, -0.2) is 31.9 Å². The number of hydrogen-bond donors (Lipinski definition) is 0. The third-order valence-electron chi connectivity index (χ3n) is 4.97. The van der Waals surface area contributed by atoms with Crippen molar-refractivity contribution < 1.29 is 9.21 Å². The van der Waals surface area contributed by atoms with E-state index in [1.165, 1.54) is 0 Å². The second kappa shape index (κ2) is 6.02. The monoisotopic (exact) mass is 338 g/mol. The number of para-hydroxylation sites is 2. The van der Waals surface area contributed by atoms with Gasteiger partial charge in [-0.2, -0.15) is 0 Å². The van der Waals surface area contributed by atoms with Gasteiger partial charge in [-0.1, -0.05) is 19.1 Å². The van der Waals surface area contributed by atoms with E-state index in [2.05, 4.69) is 15.6 Å². The van der Waals surface area contributed by atoms with Gasteiger partial charge in [0, 0.05) is 20.0 Å². The maximum absolute atomic E-state index is 13.1. The van der Waals surface area contributed by atoms with Crippen LogP contribution < -0.4 is 0 Å². The van der Waals surface area contributed by atoms with E-state index in [1.807, 2.05) is 44.0 Å². The van der Waals surface area contributed by atoms with Crippen molar-refractivity contribution in [3.63, 3.8) is 0 Å². The zero-order chi connectivity index (χ0) is 17.6. The van der Waals surface area contributed by atoms with Crippen molar-refractivity contribution in [2.24, 2.45) is 7.05 Å². The van der Waals surface area contributed by atoms with Crippen molar-refractivity contribution in [3.8, 4) is 0 Å². The molecular weight excluding hydrogens is 316 g/mol. The van der Waals surface area contributed by atoms with Crippen LogP contribution in [0, 0.1) is 6.92 Å². The van der Waals surface area contributed by atoms with Gasteiger partial charge < -0.3 is 13.9 Å². The Hall–Kier alpha value is -2.63. The normalized spacial score (nSPS) is 17.6. The van der Waals surface area contributed by atoms with Crippen LogP contribution in [0.2, 0.25) is 0 Å². The molecule has 0 aliphatic carbocycles. The average Bonchev–Trinajstić information content (AvgIpc) is 3.32. The summed E-state index contributed by atoms with van der Waals surface area (Å²) >= 11 is 0. The summed E-state index contributed by atoms with van der Waals surface area (Å²) < 4.78 is 7.78. The maximum Gasteiger partial charge on any atom is 0.292 e. The smallest absolute Gasteiger partial charge is 0.292 e. The standard InChI is InChI=1S/C19H22N4O2/c1-4-16-20-12(2)17(25-16)19(24)23-11-7-10-15(23)18-21-13-8-5-6-9-14(13)22(18)3/h5-6,8-9,15H,4,7,10-11H2,1-3H3. The Morgan fingerprint density at radius 2 is 2.12 bits per heavy atom. The second-order valence-corrected chi connectivity index (χ2v) is 6.55. The molecule has 0 saturated carbocycles. The zero-order valence-electron chi connectivity index (χ0n) is 14.8. The maximum atomic E-state index is 13.1. The molecule has 4 rings (SSSR count). The fourth-order valence-corrected chi connectivity index (χ4v) is 3.67. The fourth-order valence-electron chi connectivity index (χ4n) is 3.67. The van der Waals surface area contributed by atoms with Crippen molar-refractivity contribution in [2.75, 3.05) is 6.54 Å². The Balaban J connectivity index is 1.71. The molecule has 1 aliphatic rings. The molecule has 1 atom stereocenters. The highest BCUT2D eigenvalue weighted by Crippen LogP contribution is 2.34. The number of benzene rings is 1. The molecule has 2 aromatic heterocycles. The summed E-state index contributed by atoms with van der Waals surface area (Å²) in [7, 11) is 2.01. The topological polar surface area (TPSA) is 64.2 Å². The lowest BCUT2D eigenvalue weighted by Gasteiger charge is -2.23. The molecular formula is C19H22N4O2. The summed E-state index contributed by atoms with van der Waals surface area (Å²) in [6.07, 6.45) is 2.56. The molecule has 1 aromatic carbocycles. The number of carbonyl (C=O) groups excluding carboxylic acids is 1. The summed E-state index contributed by atoms with van der Waals surface area (Å²) in [5.41, 5.74) is 2.71. The number of amides is 1. The number of likely N-dealkylation sites (tertiary alicyclic amines) is 1. The van der Waals surface area contributed by atoms with Crippen LogP contribution in [0.1, 0.15) is 53.8 Å². The zero-order valence-corrected chi connectivity index (χ0v) is 14.8. The molecule has 0 bridgehead atoms. The molecule has 1 aliphatic heterocycles. The third kappa shape index (κ3) is 2.52. The number of aromatic nitrogens is 3. The van der Waals surface area contributed by atoms with Gasteiger partial charge in [-0.05, 0) is 31.9 Å². The minimum absolute atomic E-state index is 0.0283. The number of rotatable bonds is 3. The molecule has 3 heterocycles. The highest BCUT2D eigenvalue weighted by atomic mass is 16.4. The van der Waals surface area contributed by atoms with Crippen LogP contribution in [0.4, 0.5) is 0 Å². The van der Waals surface area contributed by atoms with Gasteiger partial charge in [0.15, 0.2) is 5.89 Å². The van der Waals surface area contributed by atoms with Gasteiger partial charge in [-0.25, -0.2) is 9.97 Å².